The van der Waals surface area contributed by atoms with Crippen LogP contribution in [-0.2, 0) is 0 Å². The second-order valence-electron chi connectivity index (χ2n) is 2.75. The predicted molar refractivity (Wildman–Crippen MR) is 61.6 cm³/mol. The van der Waals surface area contributed by atoms with E-state index in [2.05, 4.69) is 32.0 Å². The molecule has 0 radical (unpaired) electrons. The maximum atomic E-state index is 8.71. The average Bonchev–Trinajstić information content (AvgIpc) is 2.74. The highest BCUT2D eigenvalue weighted by Crippen LogP contribution is 2.31. The van der Waals surface area contributed by atoms with Crippen LogP contribution in [0.3, 0.4) is 0 Å². The Bertz CT molecular complexity index is 502. The first kappa shape index (κ1) is 10.3. The second-order valence-corrected chi connectivity index (χ2v) is 4.64. The zero-order valence-electron chi connectivity index (χ0n) is 7.57. The van der Waals surface area contributed by atoms with Crippen molar-refractivity contribution in [1.29, 1.82) is 5.26 Å². The molecular weight excluding hydrogens is 274 g/mol. The van der Waals surface area contributed by atoms with Crippen LogP contribution in [0, 0.1) is 11.3 Å². The number of H-pyrrole nitrogens is 1. The summed E-state index contributed by atoms with van der Waals surface area (Å²) in [4.78, 5) is 8.16. The third kappa shape index (κ3) is 2.41. The minimum Gasteiger partial charge on any atom is -0.339 e. The van der Waals surface area contributed by atoms with E-state index in [4.69, 9.17) is 5.26 Å². The number of aromatic amines is 1. The molecule has 0 saturated carbocycles. The monoisotopic (exact) mass is 279 g/mol. The number of nitrogens with zero attached hydrogens (tertiary/aromatic N) is 2. The molecule has 0 aliphatic carbocycles. The number of nitrogens with one attached hydrogen (secondary N) is 1. The molecule has 74 valence electrons. The Kier molecular flexibility index (Phi) is 3.09. The van der Waals surface area contributed by atoms with E-state index in [0.717, 1.165) is 14.5 Å². The van der Waals surface area contributed by atoms with Crippen LogP contribution in [-0.4, -0.2) is 9.97 Å². The van der Waals surface area contributed by atoms with Gasteiger partial charge in [-0.15, -0.1) is 0 Å². The van der Waals surface area contributed by atoms with Crippen molar-refractivity contribution in [1.82, 2.24) is 9.97 Å². The van der Waals surface area contributed by atoms with E-state index in [1.54, 1.807) is 24.5 Å². The molecule has 0 spiro atoms. The van der Waals surface area contributed by atoms with Crippen LogP contribution in [0.2, 0.25) is 0 Å². The summed E-state index contributed by atoms with van der Waals surface area (Å²) in [6, 6.07) is 7.57. The van der Waals surface area contributed by atoms with Gasteiger partial charge in [0.15, 0.2) is 5.16 Å². The number of hydrogen-bond donors (Lipinski definition) is 1. The summed E-state index contributed by atoms with van der Waals surface area (Å²) in [5, 5.41) is 9.55. The van der Waals surface area contributed by atoms with Crippen LogP contribution < -0.4 is 0 Å². The van der Waals surface area contributed by atoms with Crippen LogP contribution in [0.1, 0.15) is 5.56 Å². The minimum absolute atomic E-state index is 0.644. The van der Waals surface area contributed by atoms with Crippen molar-refractivity contribution in [3.63, 3.8) is 0 Å². The van der Waals surface area contributed by atoms with Crippen molar-refractivity contribution in [2.75, 3.05) is 0 Å². The van der Waals surface area contributed by atoms with Gasteiger partial charge in [0.2, 0.25) is 0 Å². The Balaban J connectivity index is 2.27. The van der Waals surface area contributed by atoms with Gasteiger partial charge in [0.25, 0.3) is 0 Å². The lowest BCUT2D eigenvalue weighted by Gasteiger charge is -2.01. The smallest absolute Gasteiger partial charge is 0.170 e. The topological polar surface area (TPSA) is 52.5 Å². The molecule has 15 heavy (non-hydrogen) atoms. The lowest BCUT2D eigenvalue weighted by atomic mass is 10.2. The van der Waals surface area contributed by atoms with Gasteiger partial charge in [-0.25, -0.2) is 4.98 Å². The van der Waals surface area contributed by atoms with E-state index in [9.17, 15) is 0 Å². The third-order valence-corrected chi connectivity index (χ3v) is 3.65. The van der Waals surface area contributed by atoms with Crippen LogP contribution >= 0.6 is 27.7 Å². The maximum absolute atomic E-state index is 8.71. The molecule has 0 saturated heterocycles. The summed E-state index contributed by atoms with van der Waals surface area (Å²) >= 11 is 4.94. The van der Waals surface area contributed by atoms with Gasteiger partial charge in [0.05, 0.1) is 11.6 Å². The summed E-state index contributed by atoms with van der Waals surface area (Å²) in [6.07, 6.45) is 3.49. The Morgan fingerprint density at radius 2 is 2.33 bits per heavy atom. The van der Waals surface area contributed by atoms with E-state index in [0.29, 0.717) is 5.56 Å². The number of imidazole rings is 1. The van der Waals surface area contributed by atoms with Crippen molar-refractivity contribution in [2.45, 2.75) is 10.1 Å². The zero-order valence-corrected chi connectivity index (χ0v) is 9.97. The van der Waals surface area contributed by atoms with Gasteiger partial charge in [-0.3, -0.25) is 0 Å². The molecule has 0 atom stereocenters. The largest absolute Gasteiger partial charge is 0.339 e. The standard InChI is InChI=1S/C10H6BrN3S/c11-8-5-7(6-12)1-2-9(8)15-10-13-3-4-14-10/h1-5H,(H,13,14). The fourth-order valence-electron chi connectivity index (χ4n) is 1.06. The molecular formula is C10H6BrN3S. The zero-order chi connectivity index (χ0) is 10.7. The van der Waals surface area contributed by atoms with Gasteiger partial charge in [0.1, 0.15) is 0 Å². The molecule has 0 amide bonds. The Morgan fingerprint density at radius 3 is 2.93 bits per heavy atom. The van der Waals surface area contributed by atoms with E-state index in [1.807, 2.05) is 6.07 Å². The SMILES string of the molecule is N#Cc1ccc(Sc2ncc[nH]2)c(Br)c1. The summed E-state index contributed by atoms with van der Waals surface area (Å²) in [7, 11) is 0. The molecule has 0 fully saturated rings. The van der Waals surface area contributed by atoms with Gasteiger partial charge >= 0.3 is 0 Å². The number of benzene rings is 1. The van der Waals surface area contributed by atoms with E-state index >= 15 is 0 Å². The van der Waals surface area contributed by atoms with Crippen molar-refractivity contribution in [3.05, 3.63) is 40.6 Å². The number of rotatable bonds is 2. The van der Waals surface area contributed by atoms with Crippen molar-refractivity contribution in [2.24, 2.45) is 0 Å². The Hall–Kier alpha value is -1.25. The van der Waals surface area contributed by atoms with E-state index < -0.39 is 0 Å². The summed E-state index contributed by atoms with van der Waals surface area (Å²) < 4.78 is 0.906. The first-order valence-electron chi connectivity index (χ1n) is 4.16. The fraction of sp³-hybridized carbons (Fsp3) is 0. The predicted octanol–water partition coefficient (Wildman–Crippen LogP) is 3.20. The molecule has 1 N–H and O–H groups in total. The van der Waals surface area contributed by atoms with Crippen LogP contribution in [0.5, 0.6) is 0 Å². The second kappa shape index (κ2) is 4.51. The van der Waals surface area contributed by atoms with E-state index in [-0.39, 0.29) is 0 Å². The van der Waals surface area contributed by atoms with Crippen molar-refractivity contribution >= 4 is 27.7 Å². The lowest BCUT2D eigenvalue weighted by molar-refractivity contribution is 1.06. The summed E-state index contributed by atoms with van der Waals surface area (Å²) in [6.45, 7) is 0. The molecule has 2 rings (SSSR count). The quantitative estimate of drug-likeness (QED) is 0.919. The first-order valence-corrected chi connectivity index (χ1v) is 5.77. The van der Waals surface area contributed by atoms with Crippen LogP contribution in [0.4, 0.5) is 0 Å². The number of hydrogen-bond acceptors (Lipinski definition) is 3. The molecule has 0 aliphatic heterocycles. The fourth-order valence-corrected chi connectivity index (χ4v) is 2.43. The lowest BCUT2D eigenvalue weighted by Crippen LogP contribution is -1.80. The first-order chi connectivity index (χ1) is 7.29. The Morgan fingerprint density at radius 1 is 1.47 bits per heavy atom. The van der Waals surface area contributed by atoms with Crippen molar-refractivity contribution in [3.8, 4) is 6.07 Å². The van der Waals surface area contributed by atoms with E-state index in [1.165, 1.54) is 11.8 Å². The van der Waals surface area contributed by atoms with Gasteiger partial charge in [0, 0.05) is 21.8 Å². The van der Waals surface area contributed by atoms with Gasteiger partial charge in [-0.05, 0) is 34.1 Å². The number of halogens is 1. The normalized spacial score (nSPS) is 9.87. The molecule has 1 aromatic heterocycles. The highest BCUT2D eigenvalue weighted by atomic mass is 79.9. The number of aromatic nitrogens is 2. The van der Waals surface area contributed by atoms with Gasteiger partial charge < -0.3 is 4.98 Å². The van der Waals surface area contributed by atoms with Gasteiger partial charge in [-0.1, -0.05) is 11.8 Å². The van der Waals surface area contributed by atoms with Gasteiger partial charge in [-0.2, -0.15) is 5.26 Å². The molecule has 0 unspecified atom stereocenters. The molecule has 3 nitrogen and oxygen atoms in total. The average molecular weight is 280 g/mol. The van der Waals surface area contributed by atoms with Crippen LogP contribution in [0.15, 0.2) is 45.1 Å². The van der Waals surface area contributed by atoms with Crippen molar-refractivity contribution < 1.29 is 0 Å². The Labute approximate surface area is 99.7 Å². The van der Waals surface area contributed by atoms with Crippen LogP contribution in [0.25, 0.3) is 0 Å². The third-order valence-electron chi connectivity index (χ3n) is 1.74. The molecule has 1 aromatic carbocycles. The molecule has 2 aromatic rings. The molecule has 0 bridgehead atoms. The summed E-state index contributed by atoms with van der Waals surface area (Å²) in [5.41, 5.74) is 0.644. The minimum atomic E-state index is 0.644. The maximum Gasteiger partial charge on any atom is 0.170 e. The molecule has 5 heteroatoms. The highest BCUT2D eigenvalue weighted by Gasteiger charge is 2.04. The summed E-state index contributed by atoms with van der Waals surface area (Å²) in [5.74, 6) is 0. The number of nitriles is 1. The molecule has 0 aliphatic rings. The highest BCUT2D eigenvalue weighted by molar-refractivity contribution is 9.10. The molecule has 1 heterocycles.